The molecule has 1 atom stereocenters. The second kappa shape index (κ2) is 6.86. The summed E-state index contributed by atoms with van der Waals surface area (Å²) >= 11 is 0. The molecule has 0 spiro atoms. The fraction of sp³-hybridized carbons (Fsp3) is 0.444. The standard InChI is InChI=1S/C18H23N3O2/c1-13(2)10-21-12-19-8-16(21)9-20-18(22)15-7-14-5-3-4-6-17(14)23-11-15/h3-6,8,12-13,15H,7,9-11H2,1-2H3,(H,20,22). The van der Waals surface area contributed by atoms with Crippen molar-refractivity contribution in [3.63, 3.8) is 0 Å². The van der Waals surface area contributed by atoms with Gasteiger partial charge in [-0.1, -0.05) is 32.0 Å². The number of rotatable bonds is 5. The van der Waals surface area contributed by atoms with Crippen LogP contribution in [0.5, 0.6) is 5.75 Å². The van der Waals surface area contributed by atoms with E-state index in [1.165, 1.54) is 0 Å². The Balaban J connectivity index is 1.57. The van der Waals surface area contributed by atoms with E-state index in [2.05, 4.69) is 28.7 Å². The van der Waals surface area contributed by atoms with Crippen LogP contribution in [0.2, 0.25) is 0 Å². The van der Waals surface area contributed by atoms with Gasteiger partial charge in [-0.25, -0.2) is 4.98 Å². The van der Waals surface area contributed by atoms with E-state index in [0.717, 1.165) is 30.0 Å². The summed E-state index contributed by atoms with van der Waals surface area (Å²) in [4.78, 5) is 16.6. The summed E-state index contributed by atoms with van der Waals surface area (Å²) in [5, 5.41) is 3.02. The van der Waals surface area contributed by atoms with Crippen LogP contribution in [0.1, 0.15) is 25.1 Å². The molecule has 0 fully saturated rings. The van der Waals surface area contributed by atoms with Crippen molar-refractivity contribution in [2.24, 2.45) is 11.8 Å². The predicted molar refractivity (Wildman–Crippen MR) is 88.0 cm³/mol. The first-order chi connectivity index (χ1) is 11.1. The Morgan fingerprint density at radius 3 is 3.09 bits per heavy atom. The molecule has 1 aliphatic heterocycles. The maximum absolute atomic E-state index is 12.4. The number of aromatic nitrogens is 2. The molecular weight excluding hydrogens is 290 g/mol. The Morgan fingerprint density at radius 2 is 2.26 bits per heavy atom. The normalized spacial score (nSPS) is 16.7. The maximum Gasteiger partial charge on any atom is 0.227 e. The molecule has 3 rings (SSSR count). The quantitative estimate of drug-likeness (QED) is 0.922. The number of para-hydroxylation sites is 1. The SMILES string of the molecule is CC(C)Cn1cncc1CNC(=O)C1COc2ccccc2C1. The third-order valence-electron chi connectivity index (χ3n) is 4.05. The molecule has 2 aromatic rings. The highest BCUT2D eigenvalue weighted by atomic mass is 16.5. The second-order valence-corrected chi connectivity index (χ2v) is 6.47. The number of benzene rings is 1. The molecule has 1 N–H and O–H groups in total. The zero-order valence-corrected chi connectivity index (χ0v) is 13.7. The fourth-order valence-corrected chi connectivity index (χ4v) is 2.87. The van der Waals surface area contributed by atoms with E-state index in [4.69, 9.17) is 4.74 Å². The molecule has 1 aromatic carbocycles. The fourth-order valence-electron chi connectivity index (χ4n) is 2.87. The minimum Gasteiger partial charge on any atom is -0.492 e. The summed E-state index contributed by atoms with van der Waals surface area (Å²) in [5.41, 5.74) is 2.13. The number of imidazole rings is 1. The largest absolute Gasteiger partial charge is 0.492 e. The van der Waals surface area contributed by atoms with Gasteiger partial charge in [-0.2, -0.15) is 0 Å². The minimum absolute atomic E-state index is 0.0387. The minimum atomic E-state index is -0.133. The second-order valence-electron chi connectivity index (χ2n) is 6.47. The highest BCUT2D eigenvalue weighted by Gasteiger charge is 2.25. The van der Waals surface area contributed by atoms with Gasteiger partial charge in [0.25, 0.3) is 0 Å². The third-order valence-corrected chi connectivity index (χ3v) is 4.05. The molecule has 5 nitrogen and oxygen atoms in total. The van der Waals surface area contributed by atoms with E-state index in [-0.39, 0.29) is 11.8 Å². The van der Waals surface area contributed by atoms with E-state index in [1.807, 2.05) is 36.8 Å². The van der Waals surface area contributed by atoms with E-state index < -0.39 is 0 Å². The average molecular weight is 313 g/mol. The summed E-state index contributed by atoms with van der Waals surface area (Å²) in [6.07, 6.45) is 4.37. The first-order valence-corrected chi connectivity index (χ1v) is 8.11. The summed E-state index contributed by atoms with van der Waals surface area (Å²) in [5.74, 6) is 1.34. The van der Waals surface area contributed by atoms with Gasteiger partial charge in [-0.05, 0) is 24.0 Å². The number of hydrogen-bond donors (Lipinski definition) is 1. The van der Waals surface area contributed by atoms with Crippen LogP contribution in [0.25, 0.3) is 0 Å². The molecule has 0 saturated heterocycles. The average Bonchev–Trinajstić information content (AvgIpc) is 2.98. The van der Waals surface area contributed by atoms with Gasteiger partial charge in [-0.15, -0.1) is 0 Å². The van der Waals surface area contributed by atoms with Gasteiger partial charge in [0.2, 0.25) is 5.91 Å². The van der Waals surface area contributed by atoms with E-state index >= 15 is 0 Å². The van der Waals surface area contributed by atoms with Crippen LogP contribution < -0.4 is 10.1 Å². The topological polar surface area (TPSA) is 56.2 Å². The monoisotopic (exact) mass is 313 g/mol. The molecule has 122 valence electrons. The number of nitrogens with one attached hydrogen (secondary N) is 1. The van der Waals surface area contributed by atoms with Crippen LogP contribution in [-0.4, -0.2) is 22.1 Å². The molecular formula is C18H23N3O2. The summed E-state index contributed by atoms with van der Waals surface area (Å²) in [6, 6.07) is 7.91. The lowest BCUT2D eigenvalue weighted by Gasteiger charge is -2.24. The van der Waals surface area contributed by atoms with Crippen LogP contribution in [-0.2, 0) is 24.3 Å². The van der Waals surface area contributed by atoms with Gasteiger partial charge >= 0.3 is 0 Å². The van der Waals surface area contributed by atoms with Crippen LogP contribution in [0, 0.1) is 11.8 Å². The molecule has 1 aliphatic rings. The Labute approximate surface area is 136 Å². The van der Waals surface area contributed by atoms with Gasteiger partial charge in [0.1, 0.15) is 12.4 Å². The summed E-state index contributed by atoms with van der Waals surface area (Å²) in [7, 11) is 0. The smallest absolute Gasteiger partial charge is 0.227 e. The Hall–Kier alpha value is -2.30. The van der Waals surface area contributed by atoms with E-state index in [1.54, 1.807) is 0 Å². The lowest BCUT2D eigenvalue weighted by Crippen LogP contribution is -2.37. The molecule has 0 aliphatic carbocycles. The van der Waals surface area contributed by atoms with Crippen molar-refractivity contribution in [1.29, 1.82) is 0 Å². The summed E-state index contributed by atoms with van der Waals surface area (Å²) < 4.78 is 7.79. The van der Waals surface area contributed by atoms with Crippen molar-refractivity contribution < 1.29 is 9.53 Å². The van der Waals surface area contributed by atoms with Gasteiger partial charge in [-0.3, -0.25) is 4.79 Å². The molecule has 0 bridgehead atoms. The van der Waals surface area contributed by atoms with Crippen molar-refractivity contribution in [3.8, 4) is 5.75 Å². The van der Waals surface area contributed by atoms with Crippen molar-refractivity contribution in [1.82, 2.24) is 14.9 Å². The Kier molecular flexibility index (Phi) is 4.65. The van der Waals surface area contributed by atoms with E-state index in [0.29, 0.717) is 19.1 Å². The lowest BCUT2D eigenvalue weighted by atomic mass is 9.96. The molecule has 5 heteroatoms. The van der Waals surface area contributed by atoms with Gasteiger partial charge in [0.05, 0.1) is 24.5 Å². The number of fused-ring (bicyclic) bond motifs is 1. The zero-order valence-electron chi connectivity index (χ0n) is 13.7. The first-order valence-electron chi connectivity index (χ1n) is 8.11. The third kappa shape index (κ3) is 3.73. The zero-order chi connectivity index (χ0) is 16.2. The highest BCUT2D eigenvalue weighted by molar-refractivity contribution is 5.79. The van der Waals surface area contributed by atoms with Crippen LogP contribution in [0.15, 0.2) is 36.8 Å². The number of hydrogen-bond acceptors (Lipinski definition) is 3. The number of ether oxygens (including phenoxy) is 1. The number of carbonyl (C=O) groups is 1. The van der Waals surface area contributed by atoms with Crippen LogP contribution in [0.4, 0.5) is 0 Å². The lowest BCUT2D eigenvalue weighted by molar-refractivity contribution is -0.126. The molecule has 23 heavy (non-hydrogen) atoms. The van der Waals surface area contributed by atoms with Crippen molar-refractivity contribution in [2.45, 2.75) is 33.4 Å². The predicted octanol–water partition coefficient (Wildman–Crippen LogP) is 2.41. The highest BCUT2D eigenvalue weighted by Crippen LogP contribution is 2.26. The Morgan fingerprint density at radius 1 is 1.43 bits per heavy atom. The van der Waals surface area contributed by atoms with Crippen molar-refractivity contribution in [3.05, 3.63) is 48.0 Å². The number of amides is 1. The molecule has 1 amide bonds. The van der Waals surface area contributed by atoms with Crippen LogP contribution in [0.3, 0.4) is 0 Å². The van der Waals surface area contributed by atoms with Gasteiger partial charge in [0.15, 0.2) is 0 Å². The molecule has 1 unspecified atom stereocenters. The number of nitrogens with zero attached hydrogens (tertiary/aromatic N) is 2. The van der Waals surface area contributed by atoms with Gasteiger partial charge in [0, 0.05) is 12.7 Å². The Bertz CT molecular complexity index is 678. The van der Waals surface area contributed by atoms with E-state index in [9.17, 15) is 4.79 Å². The first kappa shape index (κ1) is 15.6. The van der Waals surface area contributed by atoms with Crippen molar-refractivity contribution in [2.75, 3.05) is 6.61 Å². The molecule has 2 heterocycles. The van der Waals surface area contributed by atoms with Crippen LogP contribution >= 0.6 is 0 Å². The summed E-state index contributed by atoms with van der Waals surface area (Å²) in [6.45, 7) is 6.18. The maximum atomic E-state index is 12.4. The molecule has 0 radical (unpaired) electrons. The van der Waals surface area contributed by atoms with Gasteiger partial charge < -0.3 is 14.6 Å². The number of carbonyl (C=O) groups excluding carboxylic acids is 1. The van der Waals surface area contributed by atoms with Crippen molar-refractivity contribution >= 4 is 5.91 Å². The molecule has 0 saturated carbocycles. The molecule has 1 aromatic heterocycles.